The summed E-state index contributed by atoms with van der Waals surface area (Å²) in [7, 11) is -1.50. The van der Waals surface area contributed by atoms with E-state index in [1.165, 1.54) is 34.9 Å². The minimum atomic E-state index is -3.49. The summed E-state index contributed by atoms with van der Waals surface area (Å²) < 4.78 is 27.0. The second-order valence-corrected chi connectivity index (χ2v) is 9.28. The smallest absolute Gasteiger partial charge is 0.251 e. The van der Waals surface area contributed by atoms with E-state index in [2.05, 4.69) is 16.3 Å². The maximum Gasteiger partial charge on any atom is 0.251 e. The predicted octanol–water partition coefficient (Wildman–Crippen LogP) is 2.24. The largest absolute Gasteiger partial charge is 0.352 e. The lowest BCUT2D eigenvalue weighted by Crippen LogP contribution is -2.47. The lowest BCUT2D eigenvalue weighted by atomic mass is 9.97. The Morgan fingerprint density at radius 2 is 1.78 bits per heavy atom. The molecule has 1 heterocycles. The minimum absolute atomic E-state index is 0.157. The highest BCUT2D eigenvalue weighted by molar-refractivity contribution is 7.89. The van der Waals surface area contributed by atoms with E-state index in [1.807, 2.05) is 7.05 Å². The van der Waals surface area contributed by atoms with E-state index in [0.717, 1.165) is 32.4 Å². The molecule has 0 spiro atoms. The highest BCUT2D eigenvalue weighted by atomic mass is 32.2. The van der Waals surface area contributed by atoms with Gasteiger partial charge in [-0.1, -0.05) is 11.6 Å². The first kappa shape index (κ1) is 20.0. The summed E-state index contributed by atoms with van der Waals surface area (Å²) in [6.45, 7) is 3.08. The van der Waals surface area contributed by atoms with Crippen LogP contribution in [-0.2, 0) is 10.0 Å². The summed E-state index contributed by atoms with van der Waals surface area (Å²) in [6.07, 6.45) is 7.96. The van der Waals surface area contributed by atoms with Crippen LogP contribution in [0.15, 0.2) is 40.8 Å². The summed E-state index contributed by atoms with van der Waals surface area (Å²) >= 11 is 0. The number of benzene rings is 1. The van der Waals surface area contributed by atoms with Gasteiger partial charge in [0.1, 0.15) is 0 Å². The molecule has 1 saturated heterocycles. The molecule has 6 nitrogen and oxygen atoms in total. The second kappa shape index (κ2) is 8.99. The van der Waals surface area contributed by atoms with Crippen LogP contribution >= 0.6 is 0 Å². The van der Waals surface area contributed by atoms with Crippen molar-refractivity contribution in [2.24, 2.45) is 0 Å². The molecule has 1 aromatic carbocycles. The average Bonchev–Trinajstić information content (AvgIpc) is 2.69. The Balaban J connectivity index is 1.56. The summed E-state index contributed by atoms with van der Waals surface area (Å²) in [5.41, 5.74) is 1.92. The molecule has 1 aliphatic heterocycles. The number of hydrogen-bond acceptors (Lipinski definition) is 4. The first-order valence-corrected chi connectivity index (χ1v) is 11.2. The third-order valence-corrected chi connectivity index (χ3v) is 7.25. The molecule has 1 aromatic rings. The monoisotopic (exact) mass is 391 g/mol. The third-order valence-electron chi connectivity index (χ3n) is 5.33. The number of piperazine rings is 1. The van der Waals surface area contributed by atoms with Gasteiger partial charge in [0.25, 0.3) is 5.91 Å². The van der Waals surface area contributed by atoms with Gasteiger partial charge in [-0.25, -0.2) is 8.42 Å². The van der Waals surface area contributed by atoms with Crippen molar-refractivity contribution in [1.29, 1.82) is 0 Å². The molecule has 2 aliphatic rings. The fraction of sp³-hybridized carbons (Fsp3) is 0.550. The summed E-state index contributed by atoms with van der Waals surface area (Å²) in [5.74, 6) is -0.157. The number of nitrogens with zero attached hydrogens (tertiary/aromatic N) is 2. The molecule has 0 bridgehead atoms. The Bertz CT molecular complexity index is 779. The van der Waals surface area contributed by atoms with Crippen LogP contribution in [0.2, 0.25) is 0 Å². The van der Waals surface area contributed by atoms with Crippen LogP contribution in [0.4, 0.5) is 0 Å². The molecule has 0 atom stereocenters. The van der Waals surface area contributed by atoms with Crippen LogP contribution in [0.5, 0.6) is 0 Å². The number of rotatable bonds is 6. The second-order valence-electron chi connectivity index (χ2n) is 7.35. The molecule has 0 radical (unpaired) electrons. The molecule has 0 saturated carbocycles. The molecular weight excluding hydrogens is 362 g/mol. The Kier molecular flexibility index (Phi) is 6.68. The van der Waals surface area contributed by atoms with Gasteiger partial charge < -0.3 is 10.2 Å². The molecule has 3 rings (SSSR count). The zero-order chi connectivity index (χ0) is 19.3. The van der Waals surface area contributed by atoms with Crippen LogP contribution in [0.3, 0.4) is 0 Å². The number of carbonyl (C=O) groups excluding carboxylic acids is 1. The standard InChI is InChI=1S/C20H29N3O3S/c1-22-13-15-23(16-14-22)27(25,26)19-9-7-18(8-10-19)20(24)21-12-11-17-5-3-2-4-6-17/h5,7-10H,2-4,6,11-16H2,1H3,(H,21,24). The van der Waals surface area contributed by atoms with Crippen molar-refractivity contribution in [3.8, 4) is 0 Å². The molecule has 27 heavy (non-hydrogen) atoms. The quantitative estimate of drug-likeness (QED) is 0.755. The molecule has 1 N–H and O–H groups in total. The van der Waals surface area contributed by atoms with E-state index in [4.69, 9.17) is 0 Å². The Morgan fingerprint density at radius 3 is 2.41 bits per heavy atom. The summed E-state index contributed by atoms with van der Waals surface area (Å²) in [5, 5.41) is 2.93. The zero-order valence-corrected chi connectivity index (χ0v) is 16.8. The van der Waals surface area contributed by atoms with Gasteiger partial charge in [-0.05, 0) is 63.4 Å². The van der Waals surface area contributed by atoms with Crippen LogP contribution < -0.4 is 5.32 Å². The van der Waals surface area contributed by atoms with Crippen LogP contribution in [-0.4, -0.2) is 63.3 Å². The average molecular weight is 392 g/mol. The maximum atomic E-state index is 12.7. The Labute approximate surface area is 162 Å². The Morgan fingerprint density at radius 1 is 1.07 bits per heavy atom. The molecule has 0 unspecified atom stereocenters. The minimum Gasteiger partial charge on any atom is -0.352 e. The third kappa shape index (κ3) is 5.18. The van der Waals surface area contributed by atoms with Gasteiger partial charge in [0.05, 0.1) is 4.90 Å². The molecule has 1 fully saturated rings. The highest BCUT2D eigenvalue weighted by Crippen LogP contribution is 2.20. The number of carbonyl (C=O) groups is 1. The fourth-order valence-electron chi connectivity index (χ4n) is 3.53. The number of amides is 1. The molecule has 1 aliphatic carbocycles. The van der Waals surface area contributed by atoms with Crippen molar-refractivity contribution >= 4 is 15.9 Å². The van der Waals surface area contributed by atoms with E-state index in [0.29, 0.717) is 25.2 Å². The van der Waals surface area contributed by atoms with Crippen molar-refractivity contribution in [1.82, 2.24) is 14.5 Å². The van der Waals surface area contributed by atoms with E-state index in [9.17, 15) is 13.2 Å². The highest BCUT2D eigenvalue weighted by Gasteiger charge is 2.27. The number of likely N-dealkylation sites (N-methyl/N-ethyl adjacent to an activating group) is 1. The zero-order valence-electron chi connectivity index (χ0n) is 16.0. The van der Waals surface area contributed by atoms with Gasteiger partial charge in [0, 0.05) is 38.3 Å². The topological polar surface area (TPSA) is 69.7 Å². The Hall–Kier alpha value is -1.70. The predicted molar refractivity (Wildman–Crippen MR) is 106 cm³/mol. The fourth-order valence-corrected chi connectivity index (χ4v) is 4.95. The molecule has 0 aromatic heterocycles. The van der Waals surface area contributed by atoms with Gasteiger partial charge in [-0.2, -0.15) is 4.31 Å². The van der Waals surface area contributed by atoms with Gasteiger partial charge >= 0.3 is 0 Å². The van der Waals surface area contributed by atoms with E-state index < -0.39 is 10.0 Å². The van der Waals surface area contributed by atoms with Crippen molar-refractivity contribution in [3.63, 3.8) is 0 Å². The van der Waals surface area contributed by atoms with E-state index in [-0.39, 0.29) is 10.8 Å². The molecule has 7 heteroatoms. The number of sulfonamides is 1. The maximum absolute atomic E-state index is 12.7. The molecule has 1 amide bonds. The number of allylic oxidation sites excluding steroid dienone is 1. The van der Waals surface area contributed by atoms with E-state index >= 15 is 0 Å². The van der Waals surface area contributed by atoms with Crippen molar-refractivity contribution in [2.45, 2.75) is 37.0 Å². The van der Waals surface area contributed by atoms with Gasteiger partial charge in [-0.3, -0.25) is 4.79 Å². The van der Waals surface area contributed by atoms with Crippen LogP contribution in [0.1, 0.15) is 42.5 Å². The number of hydrogen-bond donors (Lipinski definition) is 1. The first-order chi connectivity index (χ1) is 13.0. The van der Waals surface area contributed by atoms with Crippen molar-refractivity contribution in [3.05, 3.63) is 41.5 Å². The van der Waals surface area contributed by atoms with Gasteiger partial charge in [0.2, 0.25) is 10.0 Å². The normalized spacial score (nSPS) is 19.5. The van der Waals surface area contributed by atoms with Crippen LogP contribution in [0.25, 0.3) is 0 Å². The summed E-state index contributed by atoms with van der Waals surface area (Å²) in [4.78, 5) is 14.6. The molecular formula is C20H29N3O3S. The number of nitrogens with one attached hydrogen (secondary N) is 1. The lowest BCUT2D eigenvalue weighted by molar-refractivity contribution is 0.0954. The SMILES string of the molecule is CN1CCN(S(=O)(=O)c2ccc(C(=O)NCCC3=CCCCC3)cc2)CC1. The summed E-state index contributed by atoms with van der Waals surface area (Å²) in [6, 6.07) is 6.26. The van der Waals surface area contributed by atoms with Gasteiger partial charge in [-0.15, -0.1) is 0 Å². The first-order valence-electron chi connectivity index (χ1n) is 9.72. The van der Waals surface area contributed by atoms with Crippen molar-refractivity contribution < 1.29 is 13.2 Å². The van der Waals surface area contributed by atoms with Crippen molar-refractivity contribution in [2.75, 3.05) is 39.8 Å². The van der Waals surface area contributed by atoms with Crippen LogP contribution in [0, 0.1) is 0 Å². The van der Waals surface area contributed by atoms with E-state index in [1.54, 1.807) is 12.1 Å². The molecule has 148 valence electrons. The lowest BCUT2D eigenvalue weighted by Gasteiger charge is -2.31. The van der Waals surface area contributed by atoms with Gasteiger partial charge in [0.15, 0.2) is 0 Å².